The predicted octanol–water partition coefficient (Wildman–Crippen LogP) is 2.86. The minimum absolute atomic E-state index is 0.0407. The molecule has 1 saturated heterocycles. The second-order valence-corrected chi connectivity index (χ2v) is 7.80. The Hall–Kier alpha value is -1.66. The van der Waals surface area contributed by atoms with Crippen LogP contribution in [0.2, 0.25) is 0 Å². The van der Waals surface area contributed by atoms with E-state index in [1.807, 2.05) is 20.2 Å². The second-order valence-electron chi connectivity index (χ2n) is 7.80. The van der Waals surface area contributed by atoms with Crippen molar-refractivity contribution < 1.29 is 4.39 Å². The predicted molar refractivity (Wildman–Crippen MR) is 112 cm³/mol. The minimum Gasteiger partial charge on any atom is -0.357 e. The van der Waals surface area contributed by atoms with Crippen LogP contribution >= 0.6 is 0 Å². The van der Waals surface area contributed by atoms with E-state index in [0.29, 0.717) is 18.6 Å². The maximum absolute atomic E-state index is 13.6. The van der Waals surface area contributed by atoms with E-state index in [1.54, 1.807) is 12.1 Å². The summed E-state index contributed by atoms with van der Waals surface area (Å²) >= 11 is 0. The van der Waals surface area contributed by atoms with Crippen LogP contribution < -0.4 is 10.6 Å². The summed E-state index contributed by atoms with van der Waals surface area (Å²) in [6.45, 7) is 10.2. The lowest BCUT2D eigenvalue weighted by Gasteiger charge is -2.35. The molecule has 1 atom stereocenters. The van der Waals surface area contributed by atoms with Crippen molar-refractivity contribution in [2.24, 2.45) is 4.99 Å². The van der Waals surface area contributed by atoms with E-state index in [2.05, 4.69) is 41.2 Å². The van der Waals surface area contributed by atoms with Gasteiger partial charge in [0, 0.05) is 31.7 Å². The standard InChI is InChI=1S/C21H36FN5/c1-6-23-21(25-19-10-12-27(13-11-19)16(2)3)24-15-20(26(4)5)17-8-7-9-18(22)14-17/h7-9,14,16,19-20H,6,10-13,15H2,1-5H3,(H2,23,24,25). The van der Waals surface area contributed by atoms with E-state index in [4.69, 9.17) is 4.99 Å². The summed E-state index contributed by atoms with van der Waals surface area (Å²) < 4.78 is 13.6. The minimum atomic E-state index is -0.203. The Morgan fingerprint density at radius 1 is 1.30 bits per heavy atom. The van der Waals surface area contributed by atoms with Crippen molar-refractivity contribution in [2.75, 3.05) is 40.3 Å². The van der Waals surface area contributed by atoms with E-state index in [1.165, 1.54) is 6.07 Å². The van der Waals surface area contributed by atoms with Gasteiger partial charge < -0.3 is 20.4 Å². The summed E-state index contributed by atoms with van der Waals surface area (Å²) in [7, 11) is 4.01. The van der Waals surface area contributed by atoms with Crippen molar-refractivity contribution in [1.29, 1.82) is 0 Å². The number of nitrogens with zero attached hydrogens (tertiary/aromatic N) is 3. The lowest BCUT2D eigenvalue weighted by molar-refractivity contribution is 0.167. The first-order valence-electron chi connectivity index (χ1n) is 10.1. The molecule has 1 fully saturated rings. The Kier molecular flexibility index (Phi) is 8.51. The molecule has 1 aromatic carbocycles. The van der Waals surface area contributed by atoms with E-state index < -0.39 is 0 Å². The number of likely N-dealkylation sites (tertiary alicyclic amines) is 1. The number of rotatable bonds is 7. The van der Waals surface area contributed by atoms with Crippen LogP contribution in [0.3, 0.4) is 0 Å². The Morgan fingerprint density at radius 3 is 2.56 bits per heavy atom. The molecule has 1 unspecified atom stereocenters. The molecular weight excluding hydrogens is 341 g/mol. The number of piperidine rings is 1. The molecule has 5 nitrogen and oxygen atoms in total. The zero-order chi connectivity index (χ0) is 19.8. The largest absolute Gasteiger partial charge is 0.357 e. The van der Waals surface area contributed by atoms with Crippen LogP contribution in [-0.2, 0) is 0 Å². The van der Waals surface area contributed by atoms with Gasteiger partial charge >= 0.3 is 0 Å². The molecule has 1 aromatic rings. The molecule has 152 valence electrons. The molecule has 0 radical (unpaired) electrons. The van der Waals surface area contributed by atoms with Crippen molar-refractivity contribution in [3.05, 3.63) is 35.6 Å². The van der Waals surface area contributed by atoms with Crippen LogP contribution in [0.5, 0.6) is 0 Å². The van der Waals surface area contributed by atoms with Crippen LogP contribution in [0, 0.1) is 5.82 Å². The van der Waals surface area contributed by atoms with Crippen molar-refractivity contribution >= 4 is 5.96 Å². The molecule has 1 aliphatic rings. The summed E-state index contributed by atoms with van der Waals surface area (Å²) in [6.07, 6.45) is 2.26. The SMILES string of the molecule is CCNC(=NCC(c1cccc(F)c1)N(C)C)NC1CCN(C(C)C)CC1. The lowest BCUT2D eigenvalue weighted by Crippen LogP contribution is -2.50. The highest BCUT2D eigenvalue weighted by Gasteiger charge is 2.22. The molecule has 1 aliphatic heterocycles. The van der Waals surface area contributed by atoms with Crippen molar-refractivity contribution in [1.82, 2.24) is 20.4 Å². The van der Waals surface area contributed by atoms with Gasteiger partial charge in [-0.15, -0.1) is 0 Å². The van der Waals surface area contributed by atoms with Gasteiger partial charge in [0.15, 0.2) is 5.96 Å². The third-order valence-electron chi connectivity index (χ3n) is 5.22. The summed E-state index contributed by atoms with van der Waals surface area (Å²) in [6, 6.07) is 7.91. The molecule has 0 aromatic heterocycles. The first kappa shape index (κ1) is 21.6. The van der Waals surface area contributed by atoms with E-state index in [-0.39, 0.29) is 11.9 Å². The van der Waals surface area contributed by atoms with Gasteiger partial charge in [-0.25, -0.2) is 4.39 Å². The van der Waals surface area contributed by atoms with Crippen LogP contribution in [-0.4, -0.2) is 68.1 Å². The Bertz CT molecular complexity index is 594. The first-order valence-corrected chi connectivity index (χ1v) is 10.1. The normalized spacial score (nSPS) is 18.1. The number of benzene rings is 1. The van der Waals surface area contributed by atoms with Crippen LogP contribution in [0.25, 0.3) is 0 Å². The molecule has 0 spiro atoms. The van der Waals surface area contributed by atoms with Gasteiger partial charge in [0.05, 0.1) is 12.6 Å². The zero-order valence-electron chi connectivity index (χ0n) is 17.5. The Labute approximate surface area is 164 Å². The maximum Gasteiger partial charge on any atom is 0.191 e. The summed E-state index contributed by atoms with van der Waals surface area (Å²) in [4.78, 5) is 9.41. The number of nitrogens with one attached hydrogen (secondary N) is 2. The van der Waals surface area contributed by atoms with Crippen LogP contribution in [0.1, 0.15) is 45.2 Å². The number of hydrogen-bond donors (Lipinski definition) is 2. The molecule has 2 N–H and O–H groups in total. The third kappa shape index (κ3) is 6.78. The fourth-order valence-corrected chi connectivity index (χ4v) is 3.53. The monoisotopic (exact) mass is 377 g/mol. The molecule has 0 aliphatic carbocycles. The topological polar surface area (TPSA) is 42.9 Å². The average Bonchev–Trinajstić information content (AvgIpc) is 2.62. The first-order chi connectivity index (χ1) is 12.9. The fraction of sp³-hybridized carbons (Fsp3) is 0.667. The van der Waals surface area contributed by atoms with Gasteiger partial charge in [0.25, 0.3) is 0 Å². The van der Waals surface area contributed by atoms with Gasteiger partial charge in [-0.2, -0.15) is 0 Å². The number of halogens is 1. The highest BCUT2D eigenvalue weighted by atomic mass is 19.1. The second kappa shape index (κ2) is 10.6. The van der Waals surface area contributed by atoms with Gasteiger partial charge in [0.1, 0.15) is 5.82 Å². The highest BCUT2D eigenvalue weighted by molar-refractivity contribution is 5.80. The van der Waals surface area contributed by atoms with Gasteiger partial charge in [-0.05, 0) is 65.4 Å². The van der Waals surface area contributed by atoms with Crippen LogP contribution in [0.4, 0.5) is 4.39 Å². The molecule has 1 heterocycles. The zero-order valence-corrected chi connectivity index (χ0v) is 17.5. The quantitative estimate of drug-likeness (QED) is 0.566. The molecule has 0 bridgehead atoms. The molecular formula is C21H36FN5. The van der Waals surface area contributed by atoms with E-state index in [9.17, 15) is 4.39 Å². The summed E-state index contributed by atoms with van der Waals surface area (Å²) in [5, 5.41) is 6.95. The molecule has 0 saturated carbocycles. The smallest absolute Gasteiger partial charge is 0.191 e. The number of guanidine groups is 1. The van der Waals surface area contributed by atoms with Crippen molar-refractivity contribution in [2.45, 2.75) is 51.7 Å². The van der Waals surface area contributed by atoms with E-state index >= 15 is 0 Å². The van der Waals surface area contributed by atoms with Gasteiger partial charge in [-0.1, -0.05) is 12.1 Å². The van der Waals surface area contributed by atoms with Gasteiger partial charge in [0.2, 0.25) is 0 Å². The summed E-state index contributed by atoms with van der Waals surface area (Å²) in [5.41, 5.74) is 0.949. The summed E-state index contributed by atoms with van der Waals surface area (Å²) in [5.74, 6) is 0.647. The Balaban J connectivity index is 2.00. The number of hydrogen-bond acceptors (Lipinski definition) is 3. The number of aliphatic imine (C=N–C) groups is 1. The molecule has 27 heavy (non-hydrogen) atoms. The van der Waals surface area contributed by atoms with Crippen molar-refractivity contribution in [3.8, 4) is 0 Å². The maximum atomic E-state index is 13.6. The van der Waals surface area contributed by atoms with Gasteiger partial charge in [-0.3, -0.25) is 4.99 Å². The molecule has 0 amide bonds. The number of likely N-dealkylation sites (N-methyl/N-ethyl adjacent to an activating group) is 1. The van der Waals surface area contributed by atoms with Crippen molar-refractivity contribution in [3.63, 3.8) is 0 Å². The Morgan fingerprint density at radius 2 is 2.00 bits per heavy atom. The average molecular weight is 378 g/mol. The fourth-order valence-electron chi connectivity index (χ4n) is 3.53. The third-order valence-corrected chi connectivity index (χ3v) is 5.22. The highest BCUT2D eigenvalue weighted by Crippen LogP contribution is 2.19. The van der Waals surface area contributed by atoms with Crippen LogP contribution in [0.15, 0.2) is 29.3 Å². The molecule has 6 heteroatoms. The molecule has 2 rings (SSSR count). The lowest BCUT2D eigenvalue weighted by atomic mass is 10.0. The van der Waals surface area contributed by atoms with E-state index in [0.717, 1.165) is 44.0 Å².